The molecule has 4 nitrogen and oxygen atoms in total. The standard InChI is InChI=1S/C15H20N2O2S/c1-2-14-9-6-12-17(14)20(18,19)15-10-4-3-7-13(15)8-5-11-16/h3-4,7,10,14H,2,6,9,11-12,16H2,1H3. The number of nitrogens with zero attached hydrogens (tertiary/aromatic N) is 1. The lowest BCUT2D eigenvalue weighted by atomic mass is 10.2. The molecule has 1 heterocycles. The highest BCUT2D eigenvalue weighted by molar-refractivity contribution is 7.89. The van der Waals surface area contributed by atoms with Gasteiger partial charge in [0.25, 0.3) is 0 Å². The first kappa shape index (κ1) is 15.0. The summed E-state index contributed by atoms with van der Waals surface area (Å²) in [4.78, 5) is 0.293. The van der Waals surface area contributed by atoms with E-state index in [1.165, 1.54) is 0 Å². The van der Waals surface area contributed by atoms with Crippen molar-refractivity contribution in [2.24, 2.45) is 5.73 Å². The Bertz CT molecular complexity index is 629. The molecule has 1 fully saturated rings. The summed E-state index contributed by atoms with van der Waals surface area (Å²) in [5.74, 6) is 5.58. The summed E-state index contributed by atoms with van der Waals surface area (Å²) in [6.07, 6.45) is 2.70. The minimum atomic E-state index is -3.47. The second-order valence-corrected chi connectivity index (χ2v) is 6.68. The zero-order valence-electron chi connectivity index (χ0n) is 11.7. The molecule has 1 aliphatic rings. The van der Waals surface area contributed by atoms with E-state index in [1.807, 2.05) is 6.92 Å². The van der Waals surface area contributed by atoms with E-state index in [2.05, 4.69) is 11.8 Å². The van der Waals surface area contributed by atoms with Crippen molar-refractivity contribution in [3.8, 4) is 11.8 Å². The van der Waals surface area contributed by atoms with Crippen LogP contribution in [-0.4, -0.2) is 31.9 Å². The molecule has 0 radical (unpaired) electrons. The third-order valence-electron chi connectivity index (χ3n) is 3.59. The molecule has 5 heteroatoms. The van der Waals surface area contributed by atoms with Gasteiger partial charge < -0.3 is 5.73 Å². The highest BCUT2D eigenvalue weighted by Gasteiger charge is 2.35. The second-order valence-electron chi connectivity index (χ2n) is 4.82. The number of hydrogen-bond acceptors (Lipinski definition) is 3. The van der Waals surface area contributed by atoms with Crippen molar-refractivity contribution < 1.29 is 8.42 Å². The van der Waals surface area contributed by atoms with Crippen LogP contribution in [0.15, 0.2) is 29.2 Å². The molecule has 0 aromatic heterocycles. The van der Waals surface area contributed by atoms with Crippen molar-refractivity contribution in [1.29, 1.82) is 0 Å². The van der Waals surface area contributed by atoms with Crippen molar-refractivity contribution in [3.05, 3.63) is 29.8 Å². The first-order valence-electron chi connectivity index (χ1n) is 6.91. The van der Waals surface area contributed by atoms with E-state index in [0.717, 1.165) is 19.3 Å². The van der Waals surface area contributed by atoms with Crippen LogP contribution in [0, 0.1) is 11.8 Å². The van der Waals surface area contributed by atoms with Gasteiger partial charge in [-0.1, -0.05) is 30.9 Å². The number of benzene rings is 1. The van der Waals surface area contributed by atoms with Gasteiger partial charge in [-0.15, -0.1) is 0 Å². The minimum absolute atomic E-state index is 0.107. The molecule has 2 N–H and O–H groups in total. The van der Waals surface area contributed by atoms with Crippen molar-refractivity contribution in [2.45, 2.75) is 37.1 Å². The van der Waals surface area contributed by atoms with E-state index in [4.69, 9.17) is 5.73 Å². The number of hydrogen-bond donors (Lipinski definition) is 1. The lowest BCUT2D eigenvalue weighted by Crippen LogP contribution is -2.35. The van der Waals surface area contributed by atoms with E-state index in [0.29, 0.717) is 17.0 Å². The second kappa shape index (κ2) is 6.40. The number of rotatable bonds is 3. The van der Waals surface area contributed by atoms with E-state index in [1.54, 1.807) is 28.6 Å². The fourth-order valence-electron chi connectivity index (χ4n) is 2.60. The predicted octanol–water partition coefficient (Wildman–Crippen LogP) is 1.56. The highest BCUT2D eigenvalue weighted by atomic mass is 32.2. The normalized spacial score (nSPS) is 19.6. The summed E-state index contributed by atoms with van der Waals surface area (Å²) in [5.41, 5.74) is 5.90. The number of sulfonamides is 1. The average molecular weight is 292 g/mol. The molecule has 1 unspecified atom stereocenters. The van der Waals surface area contributed by atoms with Gasteiger partial charge in [-0.25, -0.2) is 8.42 Å². The smallest absolute Gasteiger partial charge is 0.244 e. The SMILES string of the molecule is CCC1CCCN1S(=O)(=O)c1ccccc1C#CCN. The lowest BCUT2D eigenvalue weighted by Gasteiger charge is -2.23. The van der Waals surface area contributed by atoms with Crippen molar-refractivity contribution >= 4 is 10.0 Å². The van der Waals surface area contributed by atoms with Crippen LogP contribution in [-0.2, 0) is 10.0 Å². The van der Waals surface area contributed by atoms with Crippen LogP contribution in [0.5, 0.6) is 0 Å². The molecule has 0 saturated carbocycles. The Hall–Kier alpha value is -1.35. The van der Waals surface area contributed by atoms with E-state index < -0.39 is 10.0 Å². The van der Waals surface area contributed by atoms with Crippen LogP contribution >= 0.6 is 0 Å². The van der Waals surface area contributed by atoms with Gasteiger partial charge in [0.15, 0.2) is 0 Å². The van der Waals surface area contributed by atoms with Crippen molar-refractivity contribution in [2.75, 3.05) is 13.1 Å². The van der Waals surface area contributed by atoms with Crippen molar-refractivity contribution in [1.82, 2.24) is 4.31 Å². The molecule has 20 heavy (non-hydrogen) atoms. The highest BCUT2D eigenvalue weighted by Crippen LogP contribution is 2.29. The topological polar surface area (TPSA) is 63.4 Å². The molecule has 0 aliphatic carbocycles. The lowest BCUT2D eigenvalue weighted by molar-refractivity contribution is 0.379. The molecule has 1 aliphatic heterocycles. The van der Waals surface area contributed by atoms with Gasteiger partial charge in [0.1, 0.15) is 0 Å². The van der Waals surface area contributed by atoms with Crippen LogP contribution < -0.4 is 5.73 Å². The molecular weight excluding hydrogens is 272 g/mol. The van der Waals surface area contributed by atoms with Gasteiger partial charge in [-0.3, -0.25) is 0 Å². The summed E-state index contributed by atoms with van der Waals surface area (Å²) in [7, 11) is -3.47. The Balaban J connectivity index is 2.44. The molecule has 2 rings (SSSR count). The maximum atomic E-state index is 12.8. The zero-order valence-corrected chi connectivity index (χ0v) is 12.5. The molecule has 1 aromatic rings. The van der Waals surface area contributed by atoms with E-state index >= 15 is 0 Å². The average Bonchev–Trinajstić information content (AvgIpc) is 2.94. The molecule has 0 spiro atoms. The summed E-state index contributed by atoms with van der Waals surface area (Å²) >= 11 is 0. The van der Waals surface area contributed by atoms with Crippen LogP contribution in [0.3, 0.4) is 0 Å². The van der Waals surface area contributed by atoms with Crippen LogP contribution in [0.1, 0.15) is 31.7 Å². The largest absolute Gasteiger partial charge is 0.320 e. The van der Waals surface area contributed by atoms with Crippen molar-refractivity contribution in [3.63, 3.8) is 0 Å². The monoisotopic (exact) mass is 292 g/mol. The third kappa shape index (κ3) is 2.88. The maximum Gasteiger partial charge on any atom is 0.244 e. The zero-order chi connectivity index (χ0) is 14.6. The van der Waals surface area contributed by atoms with E-state index in [-0.39, 0.29) is 12.6 Å². The van der Waals surface area contributed by atoms with Crippen LogP contribution in [0.2, 0.25) is 0 Å². The Kier molecular flexibility index (Phi) is 4.81. The fourth-order valence-corrected chi connectivity index (χ4v) is 4.52. The molecule has 1 saturated heterocycles. The van der Waals surface area contributed by atoms with Gasteiger partial charge in [0.2, 0.25) is 10.0 Å². The summed E-state index contributed by atoms with van der Waals surface area (Å²) < 4.78 is 27.3. The molecule has 108 valence electrons. The van der Waals surface area contributed by atoms with Gasteiger partial charge >= 0.3 is 0 Å². The third-order valence-corrected chi connectivity index (χ3v) is 5.60. The quantitative estimate of drug-likeness (QED) is 0.860. The Morgan fingerprint density at radius 2 is 2.15 bits per heavy atom. The van der Waals surface area contributed by atoms with Gasteiger partial charge in [0.05, 0.1) is 11.4 Å². The summed E-state index contributed by atoms with van der Waals surface area (Å²) in [5, 5.41) is 0. The summed E-state index contributed by atoms with van der Waals surface area (Å²) in [6.45, 7) is 2.84. The van der Waals surface area contributed by atoms with Gasteiger partial charge in [-0.2, -0.15) is 4.31 Å². The fraction of sp³-hybridized carbons (Fsp3) is 0.467. The molecular formula is C15H20N2O2S. The first-order chi connectivity index (χ1) is 9.61. The Morgan fingerprint density at radius 1 is 1.40 bits per heavy atom. The molecule has 1 aromatic carbocycles. The molecule has 0 amide bonds. The molecule has 1 atom stereocenters. The Morgan fingerprint density at radius 3 is 2.85 bits per heavy atom. The summed E-state index contributed by atoms with van der Waals surface area (Å²) in [6, 6.07) is 6.99. The van der Waals surface area contributed by atoms with Gasteiger partial charge in [-0.05, 0) is 31.4 Å². The predicted molar refractivity (Wildman–Crippen MR) is 79.6 cm³/mol. The maximum absolute atomic E-state index is 12.8. The minimum Gasteiger partial charge on any atom is -0.320 e. The van der Waals surface area contributed by atoms with Gasteiger partial charge in [0, 0.05) is 18.2 Å². The van der Waals surface area contributed by atoms with Crippen LogP contribution in [0.25, 0.3) is 0 Å². The van der Waals surface area contributed by atoms with Crippen LogP contribution in [0.4, 0.5) is 0 Å². The first-order valence-corrected chi connectivity index (χ1v) is 8.35. The molecule has 0 bridgehead atoms. The van der Waals surface area contributed by atoms with E-state index in [9.17, 15) is 8.42 Å². The number of nitrogens with two attached hydrogens (primary N) is 1. The Labute approximate surface area is 121 Å².